The van der Waals surface area contributed by atoms with Gasteiger partial charge in [-0.2, -0.15) is 0 Å². The van der Waals surface area contributed by atoms with E-state index in [1.807, 2.05) is 107 Å². The summed E-state index contributed by atoms with van der Waals surface area (Å²) in [7, 11) is 0. The van der Waals surface area contributed by atoms with Gasteiger partial charge in [-0.3, -0.25) is 0 Å². The first-order chi connectivity index (χ1) is 66.9. The number of halogens is 5. The molecule has 0 amide bonds. The Bertz CT molecular complexity index is 5240. The zero-order valence-corrected chi connectivity index (χ0v) is 97.8. The molecule has 798 valence electrons. The number of rotatable bonds is 12. The van der Waals surface area contributed by atoms with Crippen molar-refractivity contribution in [1.29, 1.82) is 0 Å². The number of hydrogen-bond acceptors (Lipinski definition) is 2. The van der Waals surface area contributed by atoms with E-state index < -0.39 is 28.8 Å². The molecule has 9 aliphatic rings. The van der Waals surface area contributed by atoms with Crippen molar-refractivity contribution in [2.75, 3.05) is 0 Å². The van der Waals surface area contributed by atoms with Crippen LogP contribution in [-0.2, 0) is 22.9 Å². The summed E-state index contributed by atoms with van der Waals surface area (Å²) in [6, 6.07) is 74.5. The molecule has 0 saturated heterocycles. The maximum atomic E-state index is 14.6. The van der Waals surface area contributed by atoms with Crippen LogP contribution < -0.4 is 9.47 Å². The molecule has 9 fully saturated rings. The van der Waals surface area contributed by atoms with E-state index in [0.717, 1.165) is 86.7 Å². The zero-order valence-electron chi connectivity index (χ0n) is 97.8. The number of ether oxygens (including phenoxy) is 2. The highest BCUT2D eigenvalue weighted by atomic mass is 19.3. The van der Waals surface area contributed by atoms with Gasteiger partial charge < -0.3 is 9.47 Å². The van der Waals surface area contributed by atoms with Crippen LogP contribution in [0.3, 0.4) is 0 Å². The van der Waals surface area contributed by atoms with Crippen molar-refractivity contribution in [1.82, 2.24) is 0 Å². The van der Waals surface area contributed by atoms with E-state index >= 15 is 0 Å². The van der Waals surface area contributed by atoms with Crippen LogP contribution in [-0.4, -0.2) is 12.2 Å². The summed E-state index contributed by atoms with van der Waals surface area (Å²) in [5.74, 6) is 7.67. The Morgan fingerprint density at radius 2 is 0.469 bits per heavy atom. The van der Waals surface area contributed by atoms with Gasteiger partial charge in [0.05, 0.1) is 12.2 Å². The Morgan fingerprint density at radius 1 is 0.214 bits per heavy atom. The number of aryl methyl sites for hydroxylation is 9. The van der Waals surface area contributed by atoms with Gasteiger partial charge in [0.15, 0.2) is 0 Å². The largest absolute Gasteiger partial charge is 0.490 e. The first-order valence-corrected chi connectivity index (χ1v) is 56.3. The van der Waals surface area contributed by atoms with Crippen LogP contribution in [0.5, 0.6) is 11.5 Å². The number of benzene rings is 9. The lowest BCUT2D eigenvalue weighted by Gasteiger charge is -2.48. The van der Waals surface area contributed by atoms with Gasteiger partial charge in [-0.1, -0.05) is 426 Å². The van der Waals surface area contributed by atoms with E-state index in [1.165, 1.54) is 116 Å². The van der Waals surface area contributed by atoms with E-state index in [4.69, 9.17) is 9.47 Å². The molecule has 9 aromatic carbocycles. The predicted octanol–water partition coefficient (Wildman–Crippen LogP) is 41.8. The van der Waals surface area contributed by atoms with Gasteiger partial charge in [0.1, 0.15) is 28.5 Å². The van der Waals surface area contributed by atoms with Gasteiger partial charge >= 0.3 is 0 Å². The van der Waals surface area contributed by atoms with Gasteiger partial charge in [0.25, 0.3) is 5.92 Å². The molecule has 9 aliphatic carbocycles. The van der Waals surface area contributed by atoms with Crippen LogP contribution in [0.4, 0.5) is 22.0 Å². The van der Waals surface area contributed by atoms with Crippen LogP contribution in [0.25, 0.3) is 0 Å². The third-order valence-electron chi connectivity index (χ3n) is 35.6. The van der Waals surface area contributed by atoms with Crippen LogP contribution in [0, 0.1) is 170 Å². The van der Waals surface area contributed by atoms with Gasteiger partial charge in [-0.15, -0.1) is 0 Å². The summed E-state index contributed by atoms with van der Waals surface area (Å²) in [5.41, 5.74) is 18.5. The molecule has 0 spiro atoms. The average molecular weight is 1990 g/mol. The second kappa shape index (κ2) is 48.2. The van der Waals surface area contributed by atoms with E-state index in [1.54, 1.807) is 34.9 Å². The quantitative estimate of drug-likeness (QED) is 0.114. The third kappa shape index (κ3) is 34.6. The number of alkyl halides is 5. The SMILES string of the molecule is Cc1ccc(C2(F)CC(C(C)(C)C)C2)cc1.Cc1ccc(C2(F)CC(C(C)(C)C)C2)cc1.Cc1ccc(C2CC(C(C)(C)C)C2)cc1.Cc1ccc(C2CCC(C(C)(C)C)C2)cc1.Cc1ccc(C2CCC(C(C)(C)C)C2)cc1.Cc1ccc(OC2CC(C(C)(C)C)C2)cc1.Cc1cccc(C(F)(F)C2CC(C(C)(C)C)C2)c1.Cc1cccc(C2(F)CC(C(C)(C)C)C2)c1.Cc1cccc(OC2CC(C(C)(C)C)C2)c1. The molecule has 4 unspecified atom stereocenters. The lowest BCUT2D eigenvalue weighted by molar-refractivity contribution is -0.129. The van der Waals surface area contributed by atoms with Crippen molar-refractivity contribution < 1.29 is 31.4 Å². The fourth-order valence-electron chi connectivity index (χ4n) is 22.7. The summed E-state index contributed by atoms with van der Waals surface area (Å²) < 4.78 is 84.3. The maximum absolute atomic E-state index is 14.6. The van der Waals surface area contributed by atoms with E-state index in [2.05, 4.69) is 343 Å². The minimum atomic E-state index is -2.67. The monoisotopic (exact) mass is 1980 g/mol. The molecule has 18 rings (SSSR count). The molecule has 0 bridgehead atoms. The Hall–Kier alpha value is -7.77. The van der Waals surface area contributed by atoms with Crippen molar-refractivity contribution >= 4 is 0 Å². The Labute approximate surface area is 883 Å². The Balaban J connectivity index is 0.000000167. The minimum absolute atomic E-state index is 0.152. The molecule has 7 heteroatoms. The topological polar surface area (TPSA) is 18.5 Å². The molecule has 4 atom stereocenters. The highest BCUT2D eigenvalue weighted by Gasteiger charge is 2.55. The van der Waals surface area contributed by atoms with Crippen LogP contribution in [0.15, 0.2) is 218 Å². The molecule has 0 heterocycles. The van der Waals surface area contributed by atoms with E-state index in [9.17, 15) is 22.0 Å². The normalized spacial score (nSPS) is 26.9. The standard InChI is InChI=1S/C16H22F2.2C16H24.3C15H21F.2C15H22O.C15H22/c1-11-6-5-7-12(8-11)16(17,18)14-9-13(10-14)15(2,3)4;2*1-12-5-7-13(8-6-12)14-9-10-15(11-14)16(2,3)4;2*1-11-5-7-12(8-6-11)15(16)9-13(10-15)14(2,3)4;1-11-6-5-7-12(8-11)15(16)9-13(10-15)14(2,3)4;1-11-5-7-13(8-6-11)16-14-9-12(10-14)15(2,3)4;1-11-6-5-7-13(8-11)16-14-9-12(10-14)15(2,3)4;1-11-5-7-12(8-6-11)13-9-14(10-13)15(2,3)4/h5-8,13-14H,9-10H2,1-4H3;2*5-8,14-15H,9-11H2,1-4H3;3*5-8,13H,9-10H2,1-4H3;2*5-8,12,14H,9-10H2,1-4H3;5-8,13-14H,9-10H2,1-4H3. The second-order valence-corrected chi connectivity index (χ2v) is 56.9. The smallest absolute Gasteiger partial charge is 0.276 e. The molecule has 2 nitrogen and oxygen atoms in total. The van der Waals surface area contributed by atoms with Crippen LogP contribution in [0.2, 0.25) is 0 Å². The summed E-state index contributed by atoms with van der Waals surface area (Å²) in [6.45, 7) is 80.2. The highest BCUT2D eigenvalue weighted by molar-refractivity contribution is 5.36. The fraction of sp³-hybridized carbons (Fsp3) is 0.609. The first kappa shape index (κ1) is 119. The van der Waals surface area contributed by atoms with Crippen molar-refractivity contribution in [3.8, 4) is 11.5 Å². The molecule has 9 aromatic rings. The molecule has 0 aromatic heterocycles. The van der Waals surface area contributed by atoms with Crippen LogP contribution in [0.1, 0.15) is 422 Å². The first-order valence-electron chi connectivity index (χ1n) is 56.3. The van der Waals surface area contributed by atoms with Crippen molar-refractivity contribution in [2.45, 2.75) is 431 Å². The molecule has 9 saturated carbocycles. The average Bonchev–Trinajstić information content (AvgIpc) is 1.69. The second-order valence-electron chi connectivity index (χ2n) is 56.9. The van der Waals surface area contributed by atoms with E-state index in [-0.39, 0.29) is 27.2 Å². The summed E-state index contributed by atoms with van der Waals surface area (Å²) in [6.07, 6.45) is 22.2. The van der Waals surface area contributed by atoms with Crippen molar-refractivity contribution in [2.24, 2.45) is 108 Å². The number of hydrogen-bond donors (Lipinski definition) is 0. The lowest BCUT2D eigenvalue weighted by atomic mass is 9.59. The summed E-state index contributed by atoms with van der Waals surface area (Å²) >= 11 is 0. The Morgan fingerprint density at radius 3 is 0.772 bits per heavy atom. The van der Waals surface area contributed by atoms with Gasteiger partial charge in [0, 0.05) is 11.5 Å². The van der Waals surface area contributed by atoms with Gasteiger partial charge in [-0.25, -0.2) is 22.0 Å². The Kier molecular flexibility index (Phi) is 39.6. The fourth-order valence-corrected chi connectivity index (χ4v) is 22.7. The van der Waals surface area contributed by atoms with Crippen molar-refractivity contribution in [3.05, 3.63) is 307 Å². The molecule has 0 N–H and O–H groups in total. The zero-order chi connectivity index (χ0) is 108. The van der Waals surface area contributed by atoms with Gasteiger partial charge in [-0.05, 0) is 374 Å². The maximum Gasteiger partial charge on any atom is 0.276 e. The molecule has 0 aliphatic heterocycles. The minimum Gasteiger partial charge on any atom is -0.490 e. The molecule has 145 heavy (non-hydrogen) atoms. The van der Waals surface area contributed by atoms with Crippen LogP contribution >= 0.6 is 0 Å². The third-order valence-corrected chi connectivity index (χ3v) is 35.6. The van der Waals surface area contributed by atoms with Gasteiger partial charge in [0.2, 0.25) is 0 Å². The highest BCUT2D eigenvalue weighted by Crippen LogP contribution is 2.61. The van der Waals surface area contributed by atoms with Crippen molar-refractivity contribution in [3.63, 3.8) is 0 Å². The van der Waals surface area contributed by atoms with E-state index in [0.29, 0.717) is 114 Å². The molecule has 0 radical (unpaired) electrons. The molecular weight excluding hydrogens is 1780 g/mol. The molecular formula is C138H199F5O2. The predicted molar refractivity (Wildman–Crippen MR) is 612 cm³/mol. The lowest BCUT2D eigenvalue weighted by Crippen LogP contribution is -2.43. The summed E-state index contributed by atoms with van der Waals surface area (Å²) in [4.78, 5) is 0. The summed E-state index contributed by atoms with van der Waals surface area (Å²) in [5, 5.41) is 0.